The molecule has 1 amide bonds. The van der Waals surface area contributed by atoms with E-state index in [9.17, 15) is 4.79 Å². The summed E-state index contributed by atoms with van der Waals surface area (Å²) in [5.41, 5.74) is 6.85. The lowest BCUT2D eigenvalue weighted by Gasteiger charge is -2.29. The lowest BCUT2D eigenvalue weighted by molar-refractivity contribution is -0.122. The zero-order valence-corrected chi connectivity index (χ0v) is 12.9. The largest absolute Gasteiger partial charge is 0.351 e. The fourth-order valence-corrected chi connectivity index (χ4v) is 2.43. The van der Waals surface area contributed by atoms with Crippen LogP contribution in [0.3, 0.4) is 0 Å². The van der Waals surface area contributed by atoms with Crippen molar-refractivity contribution in [2.24, 2.45) is 5.73 Å². The normalized spacial score (nSPS) is 16.5. The minimum absolute atomic E-state index is 0. The molecule has 20 heavy (non-hydrogen) atoms. The highest BCUT2D eigenvalue weighted by molar-refractivity contribution is 6.30. The van der Waals surface area contributed by atoms with Gasteiger partial charge < -0.3 is 11.1 Å². The maximum Gasteiger partial charge on any atom is 0.234 e. The van der Waals surface area contributed by atoms with Crippen LogP contribution in [0, 0.1) is 0 Å². The van der Waals surface area contributed by atoms with Gasteiger partial charge in [0.05, 0.1) is 6.54 Å². The smallest absolute Gasteiger partial charge is 0.234 e. The molecule has 1 aliphatic heterocycles. The number of amides is 1. The van der Waals surface area contributed by atoms with Gasteiger partial charge in [-0.1, -0.05) is 23.7 Å². The summed E-state index contributed by atoms with van der Waals surface area (Å²) in [6, 6.07) is 7.82. The summed E-state index contributed by atoms with van der Waals surface area (Å²) in [5.74, 6) is 0.0513. The van der Waals surface area contributed by atoms with Crippen LogP contribution < -0.4 is 11.1 Å². The molecule has 112 valence electrons. The number of nitrogens with one attached hydrogen (secondary N) is 1. The van der Waals surface area contributed by atoms with Gasteiger partial charge in [0, 0.05) is 30.7 Å². The molecule has 0 aromatic heterocycles. The van der Waals surface area contributed by atoms with Gasteiger partial charge in [-0.15, -0.1) is 12.4 Å². The number of benzene rings is 1. The third-order valence-electron chi connectivity index (χ3n) is 3.38. The lowest BCUT2D eigenvalue weighted by Crippen LogP contribution is -2.44. The van der Waals surface area contributed by atoms with Crippen molar-refractivity contribution in [1.29, 1.82) is 0 Å². The Labute approximate surface area is 131 Å². The van der Waals surface area contributed by atoms with Crippen LogP contribution in [0.4, 0.5) is 0 Å². The van der Waals surface area contributed by atoms with Crippen molar-refractivity contribution in [3.8, 4) is 0 Å². The molecule has 0 saturated carbocycles. The molecule has 3 N–H and O–H groups in total. The number of nitrogens with zero attached hydrogens (tertiary/aromatic N) is 1. The highest BCUT2D eigenvalue weighted by Gasteiger charge is 2.17. The Bertz CT molecular complexity index is 434. The van der Waals surface area contributed by atoms with Gasteiger partial charge in [-0.25, -0.2) is 0 Å². The van der Waals surface area contributed by atoms with Crippen molar-refractivity contribution in [3.05, 3.63) is 34.9 Å². The molecule has 0 atom stereocenters. The Hall–Kier alpha value is -0.810. The Morgan fingerprint density at radius 3 is 2.75 bits per heavy atom. The molecule has 1 aromatic carbocycles. The molecule has 0 spiro atoms. The second kappa shape index (κ2) is 8.47. The summed E-state index contributed by atoms with van der Waals surface area (Å²) in [6.45, 7) is 2.79. The van der Waals surface area contributed by atoms with E-state index in [0.29, 0.717) is 24.2 Å². The van der Waals surface area contributed by atoms with E-state index in [1.807, 2.05) is 24.3 Å². The van der Waals surface area contributed by atoms with Crippen LogP contribution in [0.1, 0.15) is 18.4 Å². The first-order valence-electron chi connectivity index (χ1n) is 6.62. The Morgan fingerprint density at radius 2 is 2.10 bits per heavy atom. The molecule has 0 bridgehead atoms. The van der Waals surface area contributed by atoms with Crippen LogP contribution in [0.5, 0.6) is 0 Å². The lowest BCUT2D eigenvalue weighted by atomic mass is 10.1. The van der Waals surface area contributed by atoms with E-state index in [1.165, 1.54) is 0 Å². The molecule has 0 radical (unpaired) electrons. The number of piperidine rings is 1. The Kier molecular flexibility index (Phi) is 7.30. The average molecular weight is 318 g/mol. The van der Waals surface area contributed by atoms with Crippen LogP contribution in [-0.2, 0) is 11.3 Å². The fourth-order valence-electron chi connectivity index (χ4n) is 2.22. The Balaban J connectivity index is 0.00000200. The maximum absolute atomic E-state index is 11.8. The highest BCUT2D eigenvalue weighted by Crippen LogP contribution is 2.10. The van der Waals surface area contributed by atoms with Crippen LogP contribution in [-0.4, -0.2) is 36.5 Å². The quantitative estimate of drug-likeness (QED) is 0.890. The molecular formula is C14H21Cl2N3O. The van der Waals surface area contributed by atoms with Gasteiger partial charge in [0.15, 0.2) is 0 Å². The number of rotatable bonds is 4. The first kappa shape index (κ1) is 17.2. The number of hydrogen-bond acceptors (Lipinski definition) is 3. The van der Waals surface area contributed by atoms with Gasteiger partial charge in [0.1, 0.15) is 0 Å². The molecule has 4 nitrogen and oxygen atoms in total. The van der Waals surface area contributed by atoms with Crippen molar-refractivity contribution in [2.45, 2.75) is 25.4 Å². The summed E-state index contributed by atoms with van der Waals surface area (Å²) < 4.78 is 0. The summed E-state index contributed by atoms with van der Waals surface area (Å²) in [5, 5.41) is 3.61. The van der Waals surface area contributed by atoms with Gasteiger partial charge in [0.2, 0.25) is 5.91 Å². The Morgan fingerprint density at radius 1 is 1.40 bits per heavy atom. The van der Waals surface area contributed by atoms with Crippen LogP contribution in [0.15, 0.2) is 24.3 Å². The number of carbonyl (C=O) groups excluding carboxylic acids is 1. The maximum atomic E-state index is 11.8. The van der Waals surface area contributed by atoms with E-state index in [2.05, 4.69) is 10.2 Å². The van der Waals surface area contributed by atoms with Crippen LogP contribution in [0.2, 0.25) is 5.02 Å². The molecule has 1 aliphatic rings. The number of likely N-dealkylation sites (tertiary alicyclic amines) is 1. The number of nitrogens with two attached hydrogens (primary N) is 1. The van der Waals surface area contributed by atoms with Crippen molar-refractivity contribution in [1.82, 2.24) is 10.2 Å². The number of hydrogen-bond donors (Lipinski definition) is 2. The minimum atomic E-state index is 0. The van der Waals surface area contributed by atoms with Gasteiger partial charge in [-0.3, -0.25) is 9.69 Å². The predicted octanol–water partition coefficient (Wildman–Crippen LogP) is 1.80. The summed E-state index contributed by atoms with van der Waals surface area (Å²) in [7, 11) is 0. The molecule has 1 saturated heterocycles. The predicted molar refractivity (Wildman–Crippen MR) is 84.2 cm³/mol. The summed E-state index contributed by atoms with van der Waals surface area (Å²) >= 11 is 5.90. The highest BCUT2D eigenvalue weighted by atomic mass is 35.5. The van der Waals surface area contributed by atoms with Crippen molar-refractivity contribution >= 4 is 29.9 Å². The van der Waals surface area contributed by atoms with Gasteiger partial charge >= 0.3 is 0 Å². The van der Waals surface area contributed by atoms with Gasteiger partial charge in [-0.2, -0.15) is 0 Å². The van der Waals surface area contributed by atoms with Gasteiger partial charge in [0.25, 0.3) is 0 Å². The second-order valence-corrected chi connectivity index (χ2v) is 5.46. The zero-order valence-electron chi connectivity index (χ0n) is 11.3. The van der Waals surface area contributed by atoms with Gasteiger partial charge in [-0.05, 0) is 30.5 Å². The van der Waals surface area contributed by atoms with E-state index >= 15 is 0 Å². The first-order chi connectivity index (χ1) is 9.13. The third-order valence-corrected chi connectivity index (χ3v) is 3.61. The molecule has 1 aromatic rings. The standard InChI is InChI=1S/C14H20ClN3O.ClH/c15-12-3-1-2-11(8-12)9-17-14(19)10-18-6-4-13(16)5-7-18;/h1-3,8,13H,4-7,9-10,16H2,(H,17,19);1H. The fraction of sp³-hybridized carbons (Fsp3) is 0.500. The monoisotopic (exact) mass is 317 g/mol. The second-order valence-electron chi connectivity index (χ2n) is 5.02. The molecule has 0 unspecified atom stereocenters. The summed E-state index contributed by atoms with van der Waals surface area (Å²) in [4.78, 5) is 14.0. The SMILES string of the molecule is Cl.NC1CCN(CC(=O)NCc2cccc(Cl)c2)CC1. The number of halogens is 2. The van der Waals surface area contributed by atoms with Crippen molar-refractivity contribution in [2.75, 3.05) is 19.6 Å². The molecule has 1 heterocycles. The zero-order chi connectivity index (χ0) is 13.7. The molecule has 2 rings (SSSR count). The third kappa shape index (κ3) is 5.67. The molecule has 6 heteroatoms. The summed E-state index contributed by atoms with van der Waals surface area (Å²) in [6.07, 6.45) is 1.95. The van der Waals surface area contributed by atoms with E-state index < -0.39 is 0 Å². The number of carbonyl (C=O) groups is 1. The minimum Gasteiger partial charge on any atom is -0.351 e. The average Bonchev–Trinajstić information content (AvgIpc) is 2.39. The van der Waals surface area contributed by atoms with E-state index in [0.717, 1.165) is 31.5 Å². The molecule has 0 aliphatic carbocycles. The van der Waals surface area contributed by atoms with E-state index in [1.54, 1.807) is 0 Å². The molecule has 1 fully saturated rings. The van der Waals surface area contributed by atoms with Crippen LogP contribution in [0.25, 0.3) is 0 Å². The van der Waals surface area contributed by atoms with Crippen molar-refractivity contribution < 1.29 is 4.79 Å². The molecular weight excluding hydrogens is 297 g/mol. The van der Waals surface area contributed by atoms with E-state index in [4.69, 9.17) is 17.3 Å². The van der Waals surface area contributed by atoms with E-state index in [-0.39, 0.29) is 18.3 Å². The topological polar surface area (TPSA) is 58.4 Å². The van der Waals surface area contributed by atoms with Crippen LogP contribution >= 0.6 is 24.0 Å². The van der Waals surface area contributed by atoms with Crippen molar-refractivity contribution in [3.63, 3.8) is 0 Å². The first-order valence-corrected chi connectivity index (χ1v) is 7.00.